The van der Waals surface area contributed by atoms with E-state index in [0.717, 1.165) is 11.3 Å². The van der Waals surface area contributed by atoms with Gasteiger partial charge in [-0.3, -0.25) is 9.78 Å². The molecular weight excluding hydrogens is 600 g/mol. The predicted octanol–water partition coefficient (Wildman–Crippen LogP) is 5.88. The van der Waals surface area contributed by atoms with Gasteiger partial charge in [0.1, 0.15) is 23.1 Å². The summed E-state index contributed by atoms with van der Waals surface area (Å²) in [5, 5.41) is 0.295. The Morgan fingerprint density at radius 3 is 2.62 bits per heavy atom. The lowest BCUT2D eigenvalue weighted by atomic mass is 9.98. The maximum atomic E-state index is 16.4. The summed E-state index contributed by atoms with van der Waals surface area (Å²) in [7, 11) is 0. The quantitative estimate of drug-likeness (QED) is 0.230. The Hall–Kier alpha value is -5.19. The molecule has 2 aliphatic rings. The Morgan fingerprint density at radius 2 is 1.85 bits per heavy atom. The van der Waals surface area contributed by atoms with Gasteiger partial charge < -0.3 is 14.4 Å². The number of anilines is 1. The molecule has 0 saturated carbocycles. The Kier molecular flexibility index (Phi) is 7.49. The number of hydrogen-bond acceptors (Lipinski definition) is 6. The summed E-state index contributed by atoms with van der Waals surface area (Å²) in [6, 6.07) is 11.3. The molecule has 11 heteroatoms. The van der Waals surface area contributed by atoms with Crippen LogP contribution in [-0.2, 0) is 17.8 Å². The molecule has 5 aromatic rings. The Morgan fingerprint density at radius 1 is 1.04 bits per heavy atom. The van der Waals surface area contributed by atoms with Crippen LogP contribution in [0.25, 0.3) is 39.2 Å². The van der Waals surface area contributed by atoms with E-state index in [0.29, 0.717) is 48.4 Å². The smallest absolute Gasteiger partial charge is 0.349 e. The fraction of sp³-hybridized carbons (Fsp3) is 0.306. The summed E-state index contributed by atoms with van der Waals surface area (Å²) in [6.45, 7) is 12.6. The van der Waals surface area contributed by atoms with Crippen LogP contribution in [0.2, 0.25) is 0 Å². The average molecular weight is 636 g/mol. The van der Waals surface area contributed by atoms with Gasteiger partial charge >= 0.3 is 5.69 Å². The van der Waals surface area contributed by atoms with Gasteiger partial charge in [-0.05, 0) is 68.2 Å². The zero-order chi connectivity index (χ0) is 33.1. The fourth-order valence-corrected chi connectivity index (χ4v) is 7.02. The van der Waals surface area contributed by atoms with Crippen molar-refractivity contribution in [1.29, 1.82) is 0 Å². The number of fused-ring (bicyclic) bond motifs is 7. The molecule has 4 aromatic heterocycles. The van der Waals surface area contributed by atoms with Crippen LogP contribution in [0.5, 0.6) is 0 Å². The molecule has 1 aromatic carbocycles. The topological polar surface area (TPSA) is 89.2 Å². The van der Waals surface area contributed by atoms with E-state index in [4.69, 9.17) is 9.97 Å². The summed E-state index contributed by atoms with van der Waals surface area (Å²) in [4.78, 5) is 44.8. The summed E-state index contributed by atoms with van der Waals surface area (Å²) in [5.41, 5.74) is 2.74. The number of amides is 1. The third-order valence-electron chi connectivity index (χ3n) is 9.30. The van der Waals surface area contributed by atoms with Crippen LogP contribution in [-0.4, -0.2) is 60.1 Å². The first kappa shape index (κ1) is 30.5. The van der Waals surface area contributed by atoms with E-state index < -0.39 is 17.3 Å². The molecule has 0 unspecified atom stereocenters. The number of carbonyl (C=O) groups is 1. The number of halogens is 2. The van der Waals surface area contributed by atoms with E-state index >= 15 is 8.78 Å². The fourth-order valence-electron chi connectivity index (χ4n) is 7.02. The number of carbonyl (C=O) groups excluding carboxylic acids is 1. The molecule has 2 aliphatic heterocycles. The standard InChI is InChI=1S/C36H35F2N7O2/c1-6-29(46)43-18-22(5)44(19-21(43)4)34-25-17-27(38)32-30-23(9-7-10-26(30)37)13-16-42-15-8-11-28(42)24-12-14-39-31(20(2)3)33(24)45(35(25)40-32)36(47)41-34/h6-12,14-15,17,20-22H,1,13,16,18-19H2,2-5H3/t21-,22+/m1/s1. The first-order chi connectivity index (χ1) is 22.6. The van der Waals surface area contributed by atoms with Crippen molar-refractivity contribution < 1.29 is 13.6 Å². The third kappa shape index (κ3) is 4.92. The van der Waals surface area contributed by atoms with E-state index in [1.54, 1.807) is 23.2 Å². The van der Waals surface area contributed by atoms with E-state index in [1.807, 2.05) is 57.0 Å². The van der Waals surface area contributed by atoms with E-state index in [-0.39, 0.29) is 46.6 Å². The highest BCUT2D eigenvalue weighted by molar-refractivity contribution is 5.92. The van der Waals surface area contributed by atoms with Crippen molar-refractivity contribution in [3.8, 4) is 28.2 Å². The van der Waals surface area contributed by atoms with Crippen molar-refractivity contribution in [3.05, 3.63) is 101 Å². The molecule has 1 fully saturated rings. The van der Waals surface area contributed by atoms with Crippen LogP contribution >= 0.6 is 0 Å². The monoisotopic (exact) mass is 635 g/mol. The van der Waals surface area contributed by atoms with Crippen molar-refractivity contribution >= 4 is 22.8 Å². The number of benzene rings is 1. The molecule has 1 saturated heterocycles. The zero-order valence-corrected chi connectivity index (χ0v) is 26.7. The Bertz CT molecular complexity index is 2140. The lowest BCUT2D eigenvalue weighted by Gasteiger charge is -2.44. The minimum Gasteiger partial charge on any atom is -0.349 e. The predicted molar refractivity (Wildman–Crippen MR) is 178 cm³/mol. The molecule has 0 N–H and O–H groups in total. The molecule has 1 amide bonds. The molecule has 47 heavy (non-hydrogen) atoms. The molecule has 240 valence electrons. The molecule has 9 nitrogen and oxygen atoms in total. The highest BCUT2D eigenvalue weighted by atomic mass is 19.1. The maximum absolute atomic E-state index is 16.4. The van der Waals surface area contributed by atoms with Crippen LogP contribution in [0.15, 0.2) is 72.3 Å². The molecule has 2 bridgehead atoms. The molecule has 6 heterocycles. The van der Waals surface area contributed by atoms with Crippen molar-refractivity contribution in [2.45, 2.75) is 58.7 Å². The van der Waals surface area contributed by atoms with Crippen LogP contribution < -0.4 is 10.6 Å². The number of aryl methyl sites for hydroxylation is 2. The molecule has 2 atom stereocenters. The van der Waals surface area contributed by atoms with Crippen molar-refractivity contribution in [2.24, 2.45) is 0 Å². The second-order valence-electron chi connectivity index (χ2n) is 12.6. The van der Waals surface area contributed by atoms with Gasteiger partial charge in [0.25, 0.3) is 0 Å². The average Bonchev–Trinajstić information content (AvgIpc) is 3.52. The van der Waals surface area contributed by atoms with Crippen molar-refractivity contribution in [3.63, 3.8) is 0 Å². The van der Waals surface area contributed by atoms with Crippen LogP contribution in [0.4, 0.5) is 14.6 Å². The number of rotatable bonds is 3. The molecule has 0 radical (unpaired) electrons. The Balaban J connectivity index is 1.59. The Labute approximate surface area is 270 Å². The molecule has 0 aliphatic carbocycles. The largest absolute Gasteiger partial charge is 0.355 e. The van der Waals surface area contributed by atoms with Gasteiger partial charge in [-0.15, -0.1) is 0 Å². The number of aromatic nitrogens is 5. The summed E-state index contributed by atoms with van der Waals surface area (Å²) >= 11 is 0. The second-order valence-corrected chi connectivity index (χ2v) is 12.6. The van der Waals surface area contributed by atoms with Gasteiger partial charge in [-0.25, -0.2) is 23.1 Å². The summed E-state index contributed by atoms with van der Waals surface area (Å²) in [6.07, 6.45) is 5.37. The second kappa shape index (κ2) is 11.6. The van der Waals surface area contributed by atoms with Crippen molar-refractivity contribution in [2.75, 3.05) is 18.0 Å². The zero-order valence-electron chi connectivity index (χ0n) is 26.7. The third-order valence-corrected chi connectivity index (χ3v) is 9.30. The molecule has 7 rings (SSSR count). The van der Waals surface area contributed by atoms with Gasteiger partial charge in [-0.1, -0.05) is 32.6 Å². The lowest BCUT2D eigenvalue weighted by Crippen LogP contribution is -2.58. The van der Waals surface area contributed by atoms with Gasteiger partial charge in [0.2, 0.25) is 5.91 Å². The number of piperazine rings is 1. The number of hydrogen-bond donors (Lipinski definition) is 0. The summed E-state index contributed by atoms with van der Waals surface area (Å²) < 4.78 is 35.6. The van der Waals surface area contributed by atoms with Gasteiger partial charge in [0.05, 0.1) is 22.5 Å². The number of pyridine rings is 2. The van der Waals surface area contributed by atoms with Gasteiger partial charge in [-0.2, -0.15) is 4.98 Å². The van der Waals surface area contributed by atoms with Crippen LogP contribution in [0.1, 0.15) is 44.9 Å². The summed E-state index contributed by atoms with van der Waals surface area (Å²) in [5.74, 6) is -1.36. The van der Waals surface area contributed by atoms with Crippen LogP contribution in [0.3, 0.4) is 0 Å². The maximum Gasteiger partial charge on any atom is 0.355 e. The highest BCUT2D eigenvalue weighted by Gasteiger charge is 2.35. The van der Waals surface area contributed by atoms with Gasteiger partial charge in [0, 0.05) is 55.2 Å². The SMILES string of the molecule is C=CC(=O)N1C[C@H](C)N(c2nc(=O)n3c4nc(c(F)cc24)-c2c(F)cccc2CCn2cccc2-c2ccnc(C(C)C)c2-3)C[C@H]1C. The molecular formula is C36H35F2N7O2. The minimum atomic E-state index is -0.729. The van der Waals surface area contributed by atoms with Crippen molar-refractivity contribution in [1.82, 2.24) is 29.0 Å². The van der Waals surface area contributed by atoms with E-state index in [1.165, 1.54) is 22.8 Å². The normalized spacial score (nSPS) is 17.6. The minimum absolute atomic E-state index is 0.0626. The lowest BCUT2D eigenvalue weighted by molar-refractivity contribution is -0.128. The number of nitrogens with zero attached hydrogens (tertiary/aromatic N) is 7. The molecule has 0 spiro atoms. The van der Waals surface area contributed by atoms with Gasteiger partial charge in [0.15, 0.2) is 5.65 Å². The van der Waals surface area contributed by atoms with E-state index in [9.17, 15) is 9.59 Å². The van der Waals surface area contributed by atoms with Crippen LogP contribution in [0, 0.1) is 11.6 Å². The first-order valence-corrected chi connectivity index (χ1v) is 15.8. The first-order valence-electron chi connectivity index (χ1n) is 15.8. The highest BCUT2D eigenvalue weighted by Crippen LogP contribution is 2.38. The van der Waals surface area contributed by atoms with E-state index in [2.05, 4.69) is 16.1 Å².